The molecule has 0 unspecified atom stereocenters. The van der Waals surface area contributed by atoms with Crippen molar-refractivity contribution >= 4 is 0 Å². The molecule has 6 N–H and O–H groups in total. The fraction of sp³-hybridized carbons (Fsp3) is 0.250. The molecule has 1 aromatic rings. The molecule has 0 aliphatic heterocycles. The van der Waals surface area contributed by atoms with Gasteiger partial charge in [-0.1, -0.05) is 35.4 Å². The normalized spacial score (nSPS) is 7.40. The van der Waals surface area contributed by atoms with E-state index in [9.17, 15) is 0 Å². The molecule has 0 spiro atoms. The number of rotatable bonds is 0. The number of hydrogen-bond donors (Lipinski definition) is 2. The van der Waals surface area contributed by atoms with Crippen molar-refractivity contribution in [3.05, 3.63) is 35.4 Å². The molecule has 10 heavy (non-hydrogen) atoms. The van der Waals surface area contributed by atoms with Crippen molar-refractivity contribution in [2.24, 2.45) is 0 Å². The second-order valence-corrected chi connectivity index (χ2v) is 2.16. The lowest BCUT2D eigenvalue weighted by atomic mass is 10.2. The van der Waals surface area contributed by atoms with Crippen LogP contribution in [0.5, 0.6) is 0 Å². The summed E-state index contributed by atoms with van der Waals surface area (Å²) in [6, 6.07) is 8.45. The van der Waals surface area contributed by atoms with Crippen LogP contribution in [0, 0.1) is 13.8 Å². The van der Waals surface area contributed by atoms with Gasteiger partial charge in [0.15, 0.2) is 0 Å². The zero-order chi connectivity index (χ0) is 5.98. The maximum Gasteiger partial charge on any atom is -0.0398 e. The molecule has 0 saturated carbocycles. The first-order valence-corrected chi connectivity index (χ1v) is 2.82. The lowest BCUT2D eigenvalue weighted by molar-refractivity contribution is 1.39. The maximum atomic E-state index is 2.17. The van der Waals surface area contributed by atoms with Gasteiger partial charge in [-0.15, -0.1) is 0 Å². The van der Waals surface area contributed by atoms with Crippen molar-refractivity contribution in [1.29, 1.82) is 0 Å². The molecule has 0 aliphatic carbocycles. The summed E-state index contributed by atoms with van der Waals surface area (Å²) in [5.41, 5.74) is 2.68. The molecule has 1 rings (SSSR count). The van der Waals surface area contributed by atoms with Crippen molar-refractivity contribution < 1.29 is 0 Å². The molecule has 2 nitrogen and oxygen atoms in total. The van der Waals surface area contributed by atoms with Gasteiger partial charge >= 0.3 is 0 Å². The summed E-state index contributed by atoms with van der Waals surface area (Å²) in [6.45, 7) is 4.21. The van der Waals surface area contributed by atoms with E-state index in [1.165, 1.54) is 11.1 Å². The Labute approximate surface area is 62.4 Å². The van der Waals surface area contributed by atoms with E-state index in [4.69, 9.17) is 0 Å². The number of aryl methyl sites for hydroxylation is 2. The third kappa shape index (κ3) is 3.22. The van der Waals surface area contributed by atoms with Crippen LogP contribution in [0.25, 0.3) is 0 Å². The summed E-state index contributed by atoms with van der Waals surface area (Å²) in [5, 5.41) is 0. The Morgan fingerprint density at radius 2 is 1.30 bits per heavy atom. The van der Waals surface area contributed by atoms with E-state index in [0.29, 0.717) is 0 Å². The Kier molecular flexibility index (Phi) is 5.90. The molecule has 0 aromatic heterocycles. The van der Waals surface area contributed by atoms with Crippen LogP contribution < -0.4 is 12.3 Å². The van der Waals surface area contributed by atoms with Gasteiger partial charge in [0.05, 0.1) is 0 Å². The number of hydrogen-bond acceptors (Lipinski definition) is 2. The van der Waals surface area contributed by atoms with Crippen molar-refractivity contribution in [3.63, 3.8) is 0 Å². The Bertz CT molecular complexity index is 167. The van der Waals surface area contributed by atoms with Gasteiger partial charge in [0.2, 0.25) is 0 Å². The van der Waals surface area contributed by atoms with Crippen molar-refractivity contribution in [3.8, 4) is 0 Å². The molecule has 0 atom stereocenters. The maximum absolute atomic E-state index is 2.17. The minimum absolute atomic E-state index is 0. The van der Waals surface area contributed by atoms with E-state index in [1.54, 1.807) is 0 Å². The second kappa shape index (κ2) is 4.97. The lowest BCUT2D eigenvalue weighted by Gasteiger charge is -1.90. The third-order valence-corrected chi connectivity index (χ3v) is 1.17. The Morgan fingerprint density at radius 1 is 0.900 bits per heavy atom. The molecule has 0 bridgehead atoms. The largest absolute Gasteiger partial charge is 0.344 e. The van der Waals surface area contributed by atoms with Crippen LogP contribution in [0.3, 0.4) is 0 Å². The van der Waals surface area contributed by atoms with Crippen LogP contribution in [0.2, 0.25) is 0 Å². The number of benzene rings is 1. The summed E-state index contributed by atoms with van der Waals surface area (Å²) in [4.78, 5) is 0. The van der Waals surface area contributed by atoms with Crippen LogP contribution in [0.1, 0.15) is 11.1 Å². The summed E-state index contributed by atoms with van der Waals surface area (Å²) in [6.07, 6.45) is 0. The quantitative estimate of drug-likeness (QED) is 0.581. The van der Waals surface area contributed by atoms with Gasteiger partial charge in [0.25, 0.3) is 0 Å². The van der Waals surface area contributed by atoms with E-state index >= 15 is 0 Å². The Morgan fingerprint density at radius 3 is 1.50 bits per heavy atom. The molecule has 0 radical (unpaired) electrons. The van der Waals surface area contributed by atoms with Crippen molar-refractivity contribution in [2.75, 3.05) is 0 Å². The van der Waals surface area contributed by atoms with Gasteiger partial charge in [-0.25, -0.2) is 0 Å². The minimum atomic E-state index is 0. The van der Waals surface area contributed by atoms with Gasteiger partial charge in [0.1, 0.15) is 0 Å². The fourth-order valence-electron chi connectivity index (χ4n) is 0.807. The first-order valence-electron chi connectivity index (χ1n) is 2.82. The first kappa shape index (κ1) is 11.9. The smallest absolute Gasteiger partial charge is 0.0398 e. The molecule has 2 heteroatoms. The second-order valence-electron chi connectivity index (χ2n) is 2.16. The minimum Gasteiger partial charge on any atom is -0.344 e. The zero-order valence-corrected chi connectivity index (χ0v) is 6.72. The molecule has 1 aromatic carbocycles. The van der Waals surface area contributed by atoms with Gasteiger partial charge < -0.3 is 12.3 Å². The lowest BCUT2D eigenvalue weighted by Crippen LogP contribution is -1.71. The highest BCUT2D eigenvalue weighted by Crippen LogP contribution is 2.00. The van der Waals surface area contributed by atoms with E-state index in [0.717, 1.165) is 0 Å². The van der Waals surface area contributed by atoms with Crippen molar-refractivity contribution in [2.45, 2.75) is 13.8 Å². The molecular weight excluding hydrogens is 124 g/mol. The van der Waals surface area contributed by atoms with Crippen LogP contribution in [-0.2, 0) is 0 Å². The van der Waals surface area contributed by atoms with Crippen LogP contribution in [0.15, 0.2) is 24.3 Å². The Hall–Kier alpha value is -0.860. The van der Waals surface area contributed by atoms with E-state index in [2.05, 4.69) is 38.1 Å². The Balaban J connectivity index is 0. The molecular formula is C8H16N2. The monoisotopic (exact) mass is 140 g/mol. The standard InChI is InChI=1S/C8H10.2H3N/c1-7-4-3-5-8(2)6-7;;/h3-6H,1-2H3;2*1H3. The highest BCUT2D eigenvalue weighted by Gasteiger charge is 1.80. The topological polar surface area (TPSA) is 70.0 Å². The van der Waals surface area contributed by atoms with Gasteiger partial charge in [-0.2, -0.15) is 0 Å². The summed E-state index contributed by atoms with van der Waals surface area (Å²) < 4.78 is 0. The van der Waals surface area contributed by atoms with Crippen molar-refractivity contribution in [1.82, 2.24) is 12.3 Å². The predicted molar refractivity (Wildman–Crippen MR) is 46.0 cm³/mol. The molecule has 0 heterocycles. The van der Waals surface area contributed by atoms with E-state index < -0.39 is 0 Å². The van der Waals surface area contributed by atoms with Crippen LogP contribution in [0.4, 0.5) is 0 Å². The van der Waals surface area contributed by atoms with Gasteiger partial charge in [-0.05, 0) is 13.8 Å². The molecule has 0 amide bonds. The fourth-order valence-corrected chi connectivity index (χ4v) is 0.807. The highest BCUT2D eigenvalue weighted by molar-refractivity contribution is 5.20. The highest BCUT2D eigenvalue weighted by atomic mass is 14.0. The first-order chi connectivity index (χ1) is 3.79. The van der Waals surface area contributed by atoms with Gasteiger partial charge in [0, 0.05) is 0 Å². The summed E-state index contributed by atoms with van der Waals surface area (Å²) in [5.74, 6) is 0. The molecule has 0 fully saturated rings. The molecule has 0 saturated heterocycles. The van der Waals surface area contributed by atoms with Gasteiger partial charge in [-0.3, -0.25) is 0 Å². The predicted octanol–water partition coefficient (Wildman–Crippen LogP) is 2.63. The van der Waals surface area contributed by atoms with Crippen LogP contribution >= 0.6 is 0 Å². The average molecular weight is 140 g/mol. The molecule has 58 valence electrons. The zero-order valence-electron chi connectivity index (χ0n) is 6.72. The average Bonchev–Trinajstić information content (AvgIpc) is 1.64. The van der Waals surface area contributed by atoms with E-state index in [-0.39, 0.29) is 12.3 Å². The third-order valence-electron chi connectivity index (χ3n) is 1.17. The van der Waals surface area contributed by atoms with Crippen LogP contribution in [-0.4, -0.2) is 0 Å². The molecule has 0 aliphatic rings. The summed E-state index contributed by atoms with van der Waals surface area (Å²) >= 11 is 0. The van der Waals surface area contributed by atoms with E-state index in [1.807, 2.05) is 0 Å². The SMILES string of the molecule is Cc1cccc(C)c1.N.N. The summed E-state index contributed by atoms with van der Waals surface area (Å²) in [7, 11) is 0.